The average molecular weight is 232 g/mol. The summed E-state index contributed by atoms with van der Waals surface area (Å²) in [6.07, 6.45) is 0.853. The van der Waals surface area contributed by atoms with Gasteiger partial charge < -0.3 is 14.9 Å². The van der Waals surface area contributed by atoms with Crippen LogP contribution in [-0.2, 0) is 11.2 Å². The molecule has 0 amide bonds. The quantitative estimate of drug-likeness (QED) is 0.716. The van der Waals surface area contributed by atoms with Gasteiger partial charge in [0.25, 0.3) is 0 Å². The van der Waals surface area contributed by atoms with Crippen LogP contribution in [0.5, 0.6) is 17.2 Å². The molecule has 1 aromatic carbocycles. The van der Waals surface area contributed by atoms with Crippen molar-refractivity contribution in [3.05, 3.63) is 29.0 Å². The van der Waals surface area contributed by atoms with E-state index in [9.17, 15) is 15.0 Å². The highest BCUT2D eigenvalue weighted by molar-refractivity contribution is 5.99. The van der Waals surface area contributed by atoms with Gasteiger partial charge in [-0.15, -0.1) is 0 Å². The van der Waals surface area contributed by atoms with Gasteiger partial charge in [0.1, 0.15) is 23.0 Å². The summed E-state index contributed by atoms with van der Waals surface area (Å²) in [5.41, 5.74) is 1.23. The fraction of sp³-hybridized carbons (Fsp3) is 0.308. The standard InChI is InChI=1S/C13H12O4/c1-6-2-10(15)9-5-8-11(16)3-7(14)4-12(8)17-13(6)9/h3-4,6,14,16H,2,5H2,1H3. The number of phenolic OH excluding ortho intramolecular Hbond substituents is 2. The van der Waals surface area contributed by atoms with E-state index in [0.717, 1.165) is 0 Å². The number of rotatable bonds is 0. The number of phenols is 2. The molecule has 1 unspecified atom stereocenters. The minimum absolute atomic E-state index is 0.0288. The normalized spacial score (nSPS) is 22.2. The van der Waals surface area contributed by atoms with Gasteiger partial charge in [-0.2, -0.15) is 0 Å². The van der Waals surface area contributed by atoms with E-state index in [2.05, 4.69) is 0 Å². The van der Waals surface area contributed by atoms with Crippen molar-refractivity contribution in [2.24, 2.45) is 5.92 Å². The zero-order chi connectivity index (χ0) is 12.2. The SMILES string of the molecule is CC1CC(=O)C2=C1Oc1cc(O)cc(O)c1C2. The first-order valence-electron chi connectivity index (χ1n) is 5.55. The molecule has 0 radical (unpaired) electrons. The maximum absolute atomic E-state index is 11.7. The fourth-order valence-corrected chi connectivity index (χ4v) is 2.46. The number of benzene rings is 1. The smallest absolute Gasteiger partial charge is 0.163 e. The van der Waals surface area contributed by atoms with Gasteiger partial charge in [0.15, 0.2) is 5.78 Å². The molecule has 1 aromatic rings. The van der Waals surface area contributed by atoms with Crippen LogP contribution in [0, 0.1) is 5.92 Å². The summed E-state index contributed by atoms with van der Waals surface area (Å²) in [5, 5.41) is 19.1. The van der Waals surface area contributed by atoms with Crippen LogP contribution in [0.3, 0.4) is 0 Å². The summed E-state index contributed by atoms with van der Waals surface area (Å²) in [7, 11) is 0. The topological polar surface area (TPSA) is 66.8 Å². The lowest BCUT2D eigenvalue weighted by Gasteiger charge is -2.21. The Morgan fingerprint density at radius 2 is 2.12 bits per heavy atom. The van der Waals surface area contributed by atoms with Crippen molar-refractivity contribution in [2.45, 2.75) is 19.8 Å². The van der Waals surface area contributed by atoms with Crippen LogP contribution < -0.4 is 4.74 Å². The molecule has 2 aliphatic rings. The molecule has 1 atom stereocenters. The third kappa shape index (κ3) is 1.40. The summed E-state index contributed by atoms with van der Waals surface area (Å²) < 4.78 is 5.64. The Hall–Kier alpha value is -1.97. The summed E-state index contributed by atoms with van der Waals surface area (Å²) in [6.45, 7) is 1.94. The number of hydrogen-bond donors (Lipinski definition) is 2. The van der Waals surface area contributed by atoms with Crippen molar-refractivity contribution in [1.29, 1.82) is 0 Å². The minimum atomic E-state index is -0.0396. The van der Waals surface area contributed by atoms with Gasteiger partial charge in [-0.3, -0.25) is 4.79 Å². The molecule has 1 aliphatic carbocycles. The van der Waals surface area contributed by atoms with E-state index in [-0.39, 0.29) is 23.2 Å². The Morgan fingerprint density at radius 3 is 2.88 bits per heavy atom. The fourth-order valence-electron chi connectivity index (χ4n) is 2.46. The molecule has 1 heterocycles. The first kappa shape index (κ1) is 10.2. The van der Waals surface area contributed by atoms with Gasteiger partial charge in [-0.25, -0.2) is 0 Å². The molecule has 0 fully saturated rings. The lowest BCUT2D eigenvalue weighted by Crippen LogP contribution is -2.11. The highest BCUT2D eigenvalue weighted by atomic mass is 16.5. The first-order chi connectivity index (χ1) is 8.06. The molecule has 4 nitrogen and oxygen atoms in total. The molecule has 1 aliphatic heterocycles. The van der Waals surface area contributed by atoms with E-state index in [4.69, 9.17) is 4.74 Å². The Kier molecular flexibility index (Phi) is 1.96. The third-order valence-corrected chi connectivity index (χ3v) is 3.32. The van der Waals surface area contributed by atoms with Crippen LogP contribution in [0.25, 0.3) is 0 Å². The van der Waals surface area contributed by atoms with Crippen LogP contribution in [0.2, 0.25) is 0 Å². The van der Waals surface area contributed by atoms with Gasteiger partial charge in [-0.05, 0) is 0 Å². The molecule has 0 aromatic heterocycles. The van der Waals surface area contributed by atoms with Crippen molar-refractivity contribution >= 4 is 5.78 Å². The van der Waals surface area contributed by atoms with E-state index >= 15 is 0 Å². The predicted molar refractivity (Wildman–Crippen MR) is 59.9 cm³/mol. The van der Waals surface area contributed by atoms with E-state index in [0.29, 0.717) is 35.5 Å². The van der Waals surface area contributed by atoms with E-state index in [1.54, 1.807) is 0 Å². The van der Waals surface area contributed by atoms with E-state index < -0.39 is 0 Å². The number of carbonyl (C=O) groups is 1. The van der Waals surface area contributed by atoms with Gasteiger partial charge >= 0.3 is 0 Å². The molecule has 88 valence electrons. The number of ether oxygens (including phenoxy) is 1. The average Bonchev–Trinajstić information content (AvgIpc) is 2.52. The number of hydrogen-bond acceptors (Lipinski definition) is 4. The second-order valence-corrected chi connectivity index (χ2v) is 4.59. The van der Waals surface area contributed by atoms with Crippen LogP contribution >= 0.6 is 0 Å². The molecular formula is C13H12O4. The molecular weight excluding hydrogens is 220 g/mol. The van der Waals surface area contributed by atoms with Gasteiger partial charge in [0.05, 0.1) is 0 Å². The van der Waals surface area contributed by atoms with Crippen LogP contribution in [-0.4, -0.2) is 16.0 Å². The van der Waals surface area contributed by atoms with Crippen LogP contribution in [0.4, 0.5) is 0 Å². The summed E-state index contributed by atoms with van der Waals surface area (Å²) in [6, 6.07) is 2.73. The first-order valence-corrected chi connectivity index (χ1v) is 5.55. The second kappa shape index (κ2) is 3.26. The maximum Gasteiger partial charge on any atom is 0.163 e. The van der Waals surface area contributed by atoms with E-state index in [1.165, 1.54) is 12.1 Å². The maximum atomic E-state index is 11.7. The molecule has 0 saturated heterocycles. The summed E-state index contributed by atoms with van der Waals surface area (Å²) in [5.74, 6) is 1.23. The second-order valence-electron chi connectivity index (χ2n) is 4.59. The van der Waals surface area contributed by atoms with Crippen molar-refractivity contribution in [2.75, 3.05) is 0 Å². The predicted octanol–water partition coefficient (Wildman–Crippen LogP) is 1.90. The van der Waals surface area contributed by atoms with Crippen LogP contribution in [0.15, 0.2) is 23.5 Å². The Bertz CT molecular complexity index is 557. The van der Waals surface area contributed by atoms with Crippen molar-refractivity contribution in [3.63, 3.8) is 0 Å². The highest BCUT2D eigenvalue weighted by Gasteiger charge is 2.35. The summed E-state index contributed by atoms with van der Waals surface area (Å²) in [4.78, 5) is 11.7. The Morgan fingerprint density at radius 1 is 1.35 bits per heavy atom. The summed E-state index contributed by atoms with van der Waals surface area (Å²) >= 11 is 0. The van der Waals surface area contributed by atoms with E-state index in [1.807, 2.05) is 6.92 Å². The number of carbonyl (C=O) groups excluding carboxylic acids is 1. The molecule has 3 rings (SSSR count). The Balaban J connectivity index is 2.11. The third-order valence-electron chi connectivity index (χ3n) is 3.32. The molecule has 2 N–H and O–H groups in total. The van der Waals surface area contributed by atoms with Crippen molar-refractivity contribution < 1.29 is 19.7 Å². The number of ketones is 1. The van der Waals surface area contributed by atoms with Crippen LogP contribution in [0.1, 0.15) is 18.9 Å². The zero-order valence-electron chi connectivity index (χ0n) is 9.36. The number of allylic oxidation sites excluding steroid dienone is 2. The molecule has 0 saturated carbocycles. The largest absolute Gasteiger partial charge is 0.508 e. The lowest BCUT2D eigenvalue weighted by molar-refractivity contribution is -0.115. The number of aromatic hydroxyl groups is 2. The number of fused-ring (bicyclic) bond motifs is 1. The number of Topliss-reactive ketones (excluding diaryl/α,β-unsaturated/α-hetero) is 1. The lowest BCUT2D eigenvalue weighted by atomic mass is 9.99. The van der Waals surface area contributed by atoms with Gasteiger partial charge in [-0.1, -0.05) is 6.92 Å². The molecule has 0 bridgehead atoms. The minimum Gasteiger partial charge on any atom is -0.508 e. The van der Waals surface area contributed by atoms with Crippen molar-refractivity contribution in [3.8, 4) is 17.2 Å². The molecule has 4 heteroatoms. The van der Waals surface area contributed by atoms with Crippen molar-refractivity contribution in [1.82, 2.24) is 0 Å². The molecule has 17 heavy (non-hydrogen) atoms. The van der Waals surface area contributed by atoms with Gasteiger partial charge in [0.2, 0.25) is 0 Å². The highest BCUT2D eigenvalue weighted by Crippen LogP contribution is 2.44. The monoisotopic (exact) mass is 232 g/mol. The molecule has 0 spiro atoms. The zero-order valence-corrected chi connectivity index (χ0v) is 9.36. The van der Waals surface area contributed by atoms with Gasteiger partial charge in [0, 0.05) is 42.0 Å². The Labute approximate surface area is 98.1 Å².